The fourth-order valence-corrected chi connectivity index (χ4v) is 2.85. The molecular formula is C17H16N4O. The van der Waals surface area contributed by atoms with Gasteiger partial charge in [0, 0.05) is 29.4 Å². The van der Waals surface area contributed by atoms with Gasteiger partial charge in [0.25, 0.3) is 0 Å². The molecule has 1 aromatic heterocycles. The third kappa shape index (κ3) is 1.75. The molecule has 0 saturated heterocycles. The lowest BCUT2D eigenvalue weighted by Gasteiger charge is -2.20. The highest BCUT2D eigenvalue weighted by Gasteiger charge is 2.31. The summed E-state index contributed by atoms with van der Waals surface area (Å²) in [6.45, 7) is 1.94. The lowest BCUT2D eigenvalue weighted by molar-refractivity contribution is 0.376. The number of nitrogens with one attached hydrogen (secondary N) is 1. The first-order valence-corrected chi connectivity index (χ1v) is 7.12. The number of aliphatic hydroxyl groups is 1. The van der Waals surface area contributed by atoms with E-state index in [1.54, 1.807) is 11.2 Å². The summed E-state index contributed by atoms with van der Waals surface area (Å²) < 4.78 is 0. The van der Waals surface area contributed by atoms with Crippen LogP contribution in [0, 0.1) is 6.92 Å². The Labute approximate surface area is 128 Å². The highest BCUT2D eigenvalue weighted by atomic mass is 16.3. The number of aromatic nitrogens is 1. The molecule has 0 atom stereocenters. The van der Waals surface area contributed by atoms with Gasteiger partial charge in [-0.1, -0.05) is 24.3 Å². The Morgan fingerprint density at radius 3 is 2.73 bits per heavy atom. The molecule has 22 heavy (non-hydrogen) atoms. The van der Waals surface area contributed by atoms with Crippen LogP contribution in [0.5, 0.6) is 0 Å². The third-order valence-electron chi connectivity index (χ3n) is 3.95. The minimum absolute atomic E-state index is 0.175. The lowest BCUT2D eigenvalue weighted by atomic mass is 10.1. The van der Waals surface area contributed by atoms with Crippen molar-refractivity contribution in [1.29, 1.82) is 0 Å². The second-order valence-electron chi connectivity index (χ2n) is 5.48. The standard InChI is InChI=1S/C17H16N4O/c1-11-7-8-13(9-18-11)21-17(22)16-15(19-21)14-6-4-3-5-12(14)10-20(16)2/h3-10,19,22H,1-2H3. The highest BCUT2D eigenvalue weighted by molar-refractivity contribution is 5.75. The zero-order valence-electron chi connectivity index (χ0n) is 12.4. The number of likely N-dealkylation sites (N-methyl/N-ethyl adjacent to an activating group) is 1. The normalized spacial score (nSPS) is 16.2. The molecule has 110 valence electrons. The molecule has 0 bridgehead atoms. The maximum atomic E-state index is 10.6. The molecule has 2 aliphatic heterocycles. The third-order valence-corrected chi connectivity index (χ3v) is 3.95. The zero-order chi connectivity index (χ0) is 15.3. The molecule has 5 nitrogen and oxygen atoms in total. The van der Waals surface area contributed by atoms with E-state index in [-0.39, 0.29) is 5.88 Å². The SMILES string of the molecule is Cc1ccc(N2NC3=c4ccccc4=CN(C)C3=C2O)cn1. The van der Waals surface area contributed by atoms with Gasteiger partial charge in [0.1, 0.15) is 5.70 Å². The first-order chi connectivity index (χ1) is 10.6. The van der Waals surface area contributed by atoms with Gasteiger partial charge in [-0.05, 0) is 19.1 Å². The Morgan fingerprint density at radius 2 is 1.95 bits per heavy atom. The molecule has 0 amide bonds. The average Bonchev–Trinajstić information content (AvgIpc) is 2.87. The molecule has 0 unspecified atom stereocenters. The van der Waals surface area contributed by atoms with Gasteiger partial charge >= 0.3 is 0 Å². The Morgan fingerprint density at radius 1 is 1.14 bits per heavy atom. The largest absolute Gasteiger partial charge is 0.492 e. The Balaban J connectivity index is 1.90. The number of aryl methyl sites for hydroxylation is 1. The number of anilines is 1. The van der Waals surface area contributed by atoms with E-state index in [9.17, 15) is 5.11 Å². The molecule has 3 heterocycles. The number of benzene rings is 1. The van der Waals surface area contributed by atoms with E-state index in [4.69, 9.17) is 0 Å². The second kappa shape index (κ2) is 4.53. The Kier molecular flexibility index (Phi) is 2.63. The van der Waals surface area contributed by atoms with Crippen molar-refractivity contribution in [2.75, 3.05) is 12.1 Å². The maximum Gasteiger partial charge on any atom is 0.237 e. The van der Waals surface area contributed by atoms with Gasteiger partial charge in [0.15, 0.2) is 0 Å². The average molecular weight is 292 g/mol. The van der Waals surface area contributed by atoms with E-state index in [2.05, 4.69) is 16.5 Å². The fourth-order valence-electron chi connectivity index (χ4n) is 2.85. The van der Waals surface area contributed by atoms with Gasteiger partial charge in [-0.15, -0.1) is 0 Å². The van der Waals surface area contributed by atoms with Crippen LogP contribution >= 0.6 is 0 Å². The maximum absolute atomic E-state index is 10.6. The Hall–Kier alpha value is -2.95. The minimum Gasteiger partial charge on any atom is -0.492 e. The second-order valence-corrected chi connectivity index (χ2v) is 5.48. The van der Waals surface area contributed by atoms with Crippen LogP contribution in [0.1, 0.15) is 5.69 Å². The number of fused-ring (bicyclic) bond motifs is 2. The fraction of sp³-hybridized carbons (Fsp3) is 0.118. The van der Waals surface area contributed by atoms with Crippen LogP contribution in [0.2, 0.25) is 0 Å². The summed E-state index contributed by atoms with van der Waals surface area (Å²) in [6, 6.07) is 12.0. The van der Waals surface area contributed by atoms with Crippen molar-refractivity contribution in [3.63, 3.8) is 0 Å². The molecule has 0 saturated carbocycles. The van der Waals surface area contributed by atoms with Crippen molar-refractivity contribution in [2.24, 2.45) is 0 Å². The quantitative estimate of drug-likeness (QED) is 0.819. The number of rotatable bonds is 1. The molecule has 0 fully saturated rings. The minimum atomic E-state index is 0.175. The monoisotopic (exact) mass is 292 g/mol. The molecular weight excluding hydrogens is 276 g/mol. The van der Waals surface area contributed by atoms with Crippen LogP contribution in [0.25, 0.3) is 11.9 Å². The van der Waals surface area contributed by atoms with E-state index in [1.807, 2.05) is 55.4 Å². The first-order valence-electron chi connectivity index (χ1n) is 7.12. The van der Waals surface area contributed by atoms with Gasteiger partial charge in [-0.3, -0.25) is 10.4 Å². The topological polar surface area (TPSA) is 51.6 Å². The summed E-state index contributed by atoms with van der Waals surface area (Å²) >= 11 is 0. The number of aliphatic hydroxyl groups excluding tert-OH is 1. The molecule has 4 rings (SSSR count). The van der Waals surface area contributed by atoms with Crippen LogP contribution in [0.4, 0.5) is 5.69 Å². The van der Waals surface area contributed by atoms with E-state index in [0.29, 0.717) is 0 Å². The van der Waals surface area contributed by atoms with Gasteiger partial charge in [0.05, 0.1) is 17.6 Å². The highest BCUT2D eigenvalue weighted by Crippen LogP contribution is 2.29. The number of pyridine rings is 1. The van der Waals surface area contributed by atoms with Crippen LogP contribution in [-0.4, -0.2) is 22.0 Å². The molecule has 2 aliphatic rings. The van der Waals surface area contributed by atoms with Crippen LogP contribution < -0.4 is 20.9 Å². The summed E-state index contributed by atoms with van der Waals surface area (Å²) in [5.74, 6) is 0.175. The number of hydrazine groups is 1. The molecule has 2 N–H and O–H groups in total. The Bertz CT molecular complexity index is 899. The smallest absolute Gasteiger partial charge is 0.237 e. The van der Waals surface area contributed by atoms with E-state index >= 15 is 0 Å². The molecule has 5 heteroatoms. The van der Waals surface area contributed by atoms with Crippen LogP contribution in [0.3, 0.4) is 0 Å². The van der Waals surface area contributed by atoms with Crippen molar-refractivity contribution in [1.82, 2.24) is 15.3 Å². The van der Waals surface area contributed by atoms with Crippen molar-refractivity contribution in [2.45, 2.75) is 6.92 Å². The van der Waals surface area contributed by atoms with Gasteiger partial charge in [-0.2, -0.15) is 0 Å². The van der Waals surface area contributed by atoms with Gasteiger partial charge in [0.2, 0.25) is 5.88 Å². The van der Waals surface area contributed by atoms with E-state index in [1.165, 1.54) is 0 Å². The number of hydrogen-bond donors (Lipinski definition) is 2. The van der Waals surface area contributed by atoms with Crippen molar-refractivity contribution in [3.8, 4) is 0 Å². The van der Waals surface area contributed by atoms with Gasteiger partial charge in [-0.25, -0.2) is 5.01 Å². The van der Waals surface area contributed by atoms with Crippen LogP contribution in [-0.2, 0) is 0 Å². The number of hydrogen-bond acceptors (Lipinski definition) is 5. The lowest BCUT2D eigenvalue weighted by Crippen LogP contribution is -2.40. The van der Waals surface area contributed by atoms with Crippen molar-refractivity contribution < 1.29 is 5.11 Å². The summed E-state index contributed by atoms with van der Waals surface area (Å²) in [5, 5.41) is 14.5. The molecule has 0 spiro atoms. The molecule has 0 radical (unpaired) electrons. The van der Waals surface area contributed by atoms with Gasteiger partial charge < -0.3 is 10.0 Å². The molecule has 0 aliphatic carbocycles. The summed E-state index contributed by atoms with van der Waals surface area (Å²) in [5.41, 5.74) is 6.69. The predicted octanol–water partition coefficient (Wildman–Crippen LogP) is 0.934. The van der Waals surface area contributed by atoms with Crippen molar-refractivity contribution in [3.05, 3.63) is 70.3 Å². The molecule has 2 aromatic rings. The zero-order valence-corrected chi connectivity index (χ0v) is 12.4. The molecule has 1 aromatic carbocycles. The van der Waals surface area contributed by atoms with Crippen molar-refractivity contribution >= 4 is 17.6 Å². The first kappa shape index (κ1) is 12.8. The van der Waals surface area contributed by atoms with E-state index in [0.717, 1.165) is 33.2 Å². The summed E-state index contributed by atoms with van der Waals surface area (Å²) in [7, 11) is 1.93. The predicted molar refractivity (Wildman–Crippen MR) is 85.6 cm³/mol. The van der Waals surface area contributed by atoms with E-state index < -0.39 is 0 Å². The summed E-state index contributed by atoms with van der Waals surface area (Å²) in [4.78, 5) is 6.22. The summed E-state index contributed by atoms with van der Waals surface area (Å²) in [6.07, 6.45) is 3.76. The number of nitrogens with zero attached hydrogens (tertiary/aromatic N) is 3. The van der Waals surface area contributed by atoms with Crippen LogP contribution in [0.15, 0.2) is 54.2 Å².